The Hall–Kier alpha value is -1.40. The van der Waals surface area contributed by atoms with Crippen molar-refractivity contribution in [3.63, 3.8) is 0 Å². The summed E-state index contributed by atoms with van der Waals surface area (Å²) in [5, 5.41) is 2.70. The first-order chi connectivity index (χ1) is 9.23. The molecule has 110 valence electrons. The zero-order valence-corrected chi connectivity index (χ0v) is 12.8. The molecule has 0 atom stereocenters. The molecular formula is C14H20N2O3S. The number of sulfonamides is 1. The lowest BCUT2D eigenvalue weighted by Crippen LogP contribution is -2.63. The molecule has 0 saturated carbocycles. The standard InChI is InChI=1S/C14H20N2O3S/c1-11-4-6-12(7-5-11)10-20(18,19)16-9-8-15-13(17)14(16,2)3/h4-7H,8-10H2,1-3H3,(H,15,17). The molecule has 0 bridgehead atoms. The summed E-state index contributed by atoms with van der Waals surface area (Å²) in [7, 11) is -3.52. The van der Waals surface area contributed by atoms with Crippen molar-refractivity contribution in [2.75, 3.05) is 13.1 Å². The van der Waals surface area contributed by atoms with Crippen LogP contribution in [0.2, 0.25) is 0 Å². The number of aryl methyl sites for hydroxylation is 1. The zero-order valence-electron chi connectivity index (χ0n) is 12.0. The maximum atomic E-state index is 12.5. The van der Waals surface area contributed by atoms with E-state index < -0.39 is 15.6 Å². The van der Waals surface area contributed by atoms with E-state index in [1.807, 2.05) is 31.2 Å². The maximum absolute atomic E-state index is 12.5. The van der Waals surface area contributed by atoms with Crippen LogP contribution >= 0.6 is 0 Å². The second-order valence-electron chi connectivity index (χ2n) is 5.63. The summed E-state index contributed by atoms with van der Waals surface area (Å²) in [6.45, 7) is 5.89. The van der Waals surface area contributed by atoms with E-state index in [4.69, 9.17) is 0 Å². The van der Waals surface area contributed by atoms with Gasteiger partial charge in [-0.1, -0.05) is 29.8 Å². The van der Waals surface area contributed by atoms with Crippen molar-refractivity contribution < 1.29 is 13.2 Å². The fourth-order valence-corrected chi connectivity index (χ4v) is 4.26. The molecule has 0 radical (unpaired) electrons. The number of benzene rings is 1. The predicted molar refractivity (Wildman–Crippen MR) is 77.6 cm³/mol. The molecule has 1 saturated heterocycles. The molecule has 0 unspecified atom stereocenters. The monoisotopic (exact) mass is 296 g/mol. The topological polar surface area (TPSA) is 66.5 Å². The molecule has 1 N–H and O–H groups in total. The molecule has 1 heterocycles. The Morgan fingerprint density at radius 1 is 1.25 bits per heavy atom. The highest BCUT2D eigenvalue weighted by Gasteiger charge is 2.44. The molecule has 2 rings (SSSR count). The maximum Gasteiger partial charge on any atom is 0.241 e. The highest BCUT2D eigenvalue weighted by atomic mass is 32.2. The third-order valence-corrected chi connectivity index (χ3v) is 5.59. The van der Waals surface area contributed by atoms with Crippen LogP contribution < -0.4 is 5.32 Å². The number of nitrogens with zero attached hydrogens (tertiary/aromatic N) is 1. The molecule has 20 heavy (non-hydrogen) atoms. The second-order valence-corrected chi connectivity index (χ2v) is 7.52. The van der Waals surface area contributed by atoms with Crippen molar-refractivity contribution >= 4 is 15.9 Å². The van der Waals surface area contributed by atoms with Crippen LogP contribution in [0.5, 0.6) is 0 Å². The van der Waals surface area contributed by atoms with Crippen LogP contribution in [0.15, 0.2) is 24.3 Å². The van der Waals surface area contributed by atoms with E-state index in [1.54, 1.807) is 13.8 Å². The minimum absolute atomic E-state index is 0.0794. The van der Waals surface area contributed by atoms with Crippen LogP contribution in [-0.2, 0) is 20.6 Å². The van der Waals surface area contributed by atoms with Gasteiger partial charge in [0.25, 0.3) is 0 Å². The van der Waals surface area contributed by atoms with Gasteiger partial charge in [0, 0.05) is 13.1 Å². The van der Waals surface area contributed by atoms with E-state index in [0.29, 0.717) is 13.1 Å². The summed E-state index contributed by atoms with van der Waals surface area (Å²) in [4.78, 5) is 11.9. The summed E-state index contributed by atoms with van der Waals surface area (Å²) in [6.07, 6.45) is 0. The van der Waals surface area contributed by atoms with Gasteiger partial charge in [-0.3, -0.25) is 4.79 Å². The van der Waals surface area contributed by atoms with Crippen molar-refractivity contribution in [2.24, 2.45) is 0 Å². The van der Waals surface area contributed by atoms with Gasteiger partial charge in [0.05, 0.1) is 5.75 Å². The average Bonchev–Trinajstić information content (AvgIpc) is 2.35. The van der Waals surface area contributed by atoms with Gasteiger partial charge in [-0.15, -0.1) is 0 Å². The van der Waals surface area contributed by atoms with E-state index in [0.717, 1.165) is 11.1 Å². The molecule has 1 fully saturated rings. The molecule has 0 aromatic heterocycles. The summed E-state index contributed by atoms with van der Waals surface area (Å²) in [6, 6.07) is 7.39. The van der Waals surface area contributed by atoms with Gasteiger partial charge in [-0.05, 0) is 26.3 Å². The van der Waals surface area contributed by atoms with Gasteiger partial charge >= 0.3 is 0 Å². The molecule has 1 aromatic rings. The Bertz CT molecular complexity index is 606. The second kappa shape index (κ2) is 5.18. The number of piperazine rings is 1. The first kappa shape index (κ1) is 15.0. The normalized spacial score (nSPS) is 19.6. The van der Waals surface area contributed by atoms with Gasteiger partial charge in [0.15, 0.2) is 0 Å². The largest absolute Gasteiger partial charge is 0.353 e. The van der Waals surface area contributed by atoms with Crippen LogP contribution in [-0.4, -0.2) is 37.3 Å². The molecule has 1 amide bonds. The van der Waals surface area contributed by atoms with Crippen molar-refractivity contribution in [1.29, 1.82) is 0 Å². The number of carbonyl (C=O) groups is 1. The average molecular weight is 296 g/mol. The number of amides is 1. The number of hydrogen-bond donors (Lipinski definition) is 1. The SMILES string of the molecule is Cc1ccc(CS(=O)(=O)N2CCNC(=O)C2(C)C)cc1. The van der Waals surface area contributed by atoms with Crippen molar-refractivity contribution in [3.05, 3.63) is 35.4 Å². The Morgan fingerprint density at radius 2 is 1.85 bits per heavy atom. The predicted octanol–water partition coefficient (Wildman–Crippen LogP) is 1.04. The number of rotatable bonds is 3. The van der Waals surface area contributed by atoms with E-state index in [1.165, 1.54) is 4.31 Å². The van der Waals surface area contributed by atoms with E-state index >= 15 is 0 Å². The third kappa shape index (κ3) is 2.86. The molecule has 5 nitrogen and oxygen atoms in total. The van der Waals surface area contributed by atoms with Crippen molar-refractivity contribution in [2.45, 2.75) is 32.1 Å². The van der Waals surface area contributed by atoms with Gasteiger partial charge < -0.3 is 5.32 Å². The molecule has 0 spiro atoms. The number of hydrogen-bond acceptors (Lipinski definition) is 3. The third-order valence-electron chi connectivity index (χ3n) is 3.59. The first-order valence-electron chi connectivity index (χ1n) is 6.58. The van der Waals surface area contributed by atoms with Gasteiger partial charge in [0.2, 0.25) is 15.9 Å². The highest BCUT2D eigenvalue weighted by molar-refractivity contribution is 7.88. The van der Waals surface area contributed by atoms with Crippen LogP contribution in [0, 0.1) is 6.92 Å². The van der Waals surface area contributed by atoms with Crippen molar-refractivity contribution in [1.82, 2.24) is 9.62 Å². The summed E-state index contributed by atoms with van der Waals surface area (Å²) < 4.78 is 26.4. The summed E-state index contributed by atoms with van der Waals surface area (Å²) >= 11 is 0. The van der Waals surface area contributed by atoms with Crippen molar-refractivity contribution in [3.8, 4) is 0 Å². The Labute approximate surface area is 120 Å². The van der Waals surface area contributed by atoms with Crippen LogP contribution in [0.4, 0.5) is 0 Å². The van der Waals surface area contributed by atoms with E-state index in [2.05, 4.69) is 5.32 Å². The molecule has 0 aliphatic carbocycles. The number of carbonyl (C=O) groups excluding carboxylic acids is 1. The zero-order chi connectivity index (χ0) is 15.0. The molecule has 1 aliphatic heterocycles. The molecule has 6 heteroatoms. The highest BCUT2D eigenvalue weighted by Crippen LogP contribution is 2.24. The van der Waals surface area contributed by atoms with E-state index in [-0.39, 0.29) is 11.7 Å². The molecule has 1 aromatic carbocycles. The smallest absolute Gasteiger partial charge is 0.241 e. The lowest BCUT2D eigenvalue weighted by Gasteiger charge is -2.39. The summed E-state index contributed by atoms with van der Waals surface area (Å²) in [5.41, 5.74) is 0.781. The molecule has 1 aliphatic rings. The van der Waals surface area contributed by atoms with Gasteiger partial charge in [-0.2, -0.15) is 4.31 Å². The lowest BCUT2D eigenvalue weighted by atomic mass is 10.0. The first-order valence-corrected chi connectivity index (χ1v) is 8.19. The fourth-order valence-electron chi connectivity index (χ4n) is 2.34. The quantitative estimate of drug-likeness (QED) is 0.906. The minimum Gasteiger partial charge on any atom is -0.353 e. The Balaban J connectivity index is 2.25. The molecular weight excluding hydrogens is 276 g/mol. The van der Waals surface area contributed by atoms with Crippen LogP contribution in [0.3, 0.4) is 0 Å². The van der Waals surface area contributed by atoms with Crippen LogP contribution in [0.25, 0.3) is 0 Å². The van der Waals surface area contributed by atoms with E-state index in [9.17, 15) is 13.2 Å². The van der Waals surface area contributed by atoms with Crippen LogP contribution in [0.1, 0.15) is 25.0 Å². The fraction of sp³-hybridized carbons (Fsp3) is 0.500. The number of nitrogens with one attached hydrogen (secondary N) is 1. The Kier molecular flexibility index (Phi) is 3.88. The van der Waals surface area contributed by atoms with Gasteiger partial charge in [0.1, 0.15) is 5.54 Å². The minimum atomic E-state index is -3.52. The Morgan fingerprint density at radius 3 is 2.45 bits per heavy atom. The van der Waals surface area contributed by atoms with Gasteiger partial charge in [-0.25, -0.2) is 8.42 Å². The lowest BCUT2D eigenvalue weighted by molar-refractivity contribution is -0.131. The summed E-state index contributed by atoms with van der Waals surface area (Å²) in [5.74, 6) is -0.333.